The molecular formula is C15H18N2O5. The van der Waals surface area contributed by atoms with Crippen molar-refractivity contribution in [2.45, 2.75) is 32.9 Å². The largest absolute Gasteiger partial charge is 0.452 e. The molecule has 2 aromatic rings. The summed E-state index contributed by atoms with van der Waals surface area (Å²) >= 11 is 0. The predicted molar refractivity (Wildman–Crippen MR) is 79.3 cm³/mol. The van der Waals surface area contributed by atoms with Crippen LogP contribution in [0, 0.1) is 0 Å². The van der Waals surface area contributed by atoms with Crippen LogP contribution in [0.15, 0.2) is 33.5 Å². The molecule has 1 amide bonds. The van der Waals surface area contributed by atoms with Crippen LogP contribution in [0.25, 0.3) is 11.1 Å². The van der Waals surface area contributed by atoms with Crippen molar-refractivity contribution in [2.75, 3.05) is 6.54 Å². The fourth-order valence-electron chi connectivity index (χ4n) is 2.06. The van der Waals surface area contributed by atoms with Gasteiger partial charge in [-0.05, 0) is 26.0 Å². The summed E-state index contributed by atoms with van der Waals surface area (Å²) in [4.78, 5) is 35.0. The van der Waals surface area contributed by atoms with Gasteiger partial charge in [0.15, 0.2) is 11.7 Å². The zero-order valence-electron chi connectivity index (χ0n) is 12.5. The molecule has 7 nitrogen and oxygen atoms in total. The monoisotopic (exact) mass is 306 g/mol. The number of aryl methyl sites for hydroxylation is 1. The lowest BCUT2D eigenvalue weighted by molar-refractivity contribution is -0.155. The van der Waals surface area contributed by atoms with Gasteiger partial charge < -0.3 is 14.5 Å². The molecule has 0 fully saturated rings. The van der Waals surface area contributed by atoms with Crippen LogP contribution in [-0.2, 0) is 20.9 Å². The number of ether oxygens (including phenoxy) is 1. The van der Waals surface area contributed by atoms with Crippen LogP contribution in [0.3, 0.4) is 0 Å². The molecule has 0 spiro atoms. The molecule has 0 aliphatic carbocycles. The SMILES string of the molecule is CCNC(=O)[C@H](C)OC(=O)CCn1c(=O)oc2ccccc21. The zero-order chi connectivity index (χ0) is 16.1. The molecule has 0 radical (unpaired) electrons. The van der Waals surface area contributed by atoms with Gasteiger partial charge in [0.1, 0.15) is 0 Å². The fourth-order valence-corrected chi connectivity index (χ4v) is 2.06. The highest BCUT2D eigenvalue weighted by Gasteiger charge is 2.17. The Morgan fingerprint density at radius 2 is 2.09 bits per heavy atom. The lowest BCUT2D eigenvalue weighted by Crippen LogP contribution is -2.35. The third-order valence-electron chi connectivity index (χ3n) is 3.14. The summed E-state index contributed by atoms with van der Waals surface area (Å²) in [5.41, 5.74) is 1.09. The molecule has 2 rings (SSSR count). The summed E-state index contributed by atoms with van der Waals surface area (Å²) in [6.07, 6.45) is -0.877. The van der Waals surface area contributed by atoms with E-state index in [4.69, 9.17) is 9.15 Å². The highest BCUT2D eigenvalue weighted by atomic mass is 16.5. The number of amides is 1. The number of para-hydroxylation sites is 2. The summed E-state index contributed by atoms with van der Waals surface area (Å²) in [7, 11) is 0. The average molecular weight is 306 g/mol. The molecule has 0 bridgehead atoms. The van der Waals surface area contributed by atoms with E-state index in [1.165, 1.54) is 11.5 Å². The molecule has 0 aliphatic heterocycles. The minimum Gasteiger partial charge on any atom is -0.452 e. The maximum absolute atomic E-state index is 11.8. The van der Waals surface area contributed by atoms with Gasteiger partial charge in [-0.25, -0.2) is 4.79 Å². The first kappa shape index (κ1) is 15.8. The number of benzene rings is 1. The summed E-state index contributed by atoms with van der Waals surface area (Å²) < 4.78 is 11.5. The molecule has 0 aliphatic rings. The minimum atomic E-state index is -0.856. The first-order chi connectivity index (χ1) is 10.5. The van der Waals surface area contributed by atoms with E-state index in [0.29, 0.717) is 17.6 Å². The average Bonchev–Trinajstić information content (AvgIpc) is 2.80. The fraction of sp³-hybridized carbons (Fsp3) is 0.400. The van der Waals surface area contributed by atoms with E-state index in [-0.39, 0.29) is 18.9 Å². The van der Waals surface area contributed by atoms with E-state index < -0.39 is 17.8 Å². The van der Waals surface area contributed by atoms with Gasteiger partial charge in [0.25, 0.3) is 5.91 Å². The molecule has 22 heavy (non-hydrogen) atoms. The van der Waals surface area contributed by atoms with Crippen LogP contribution in [0.5, 0.6) is 0 Å². The van der Waals surface area contributed by atoms with Crippen molar-refractivity contribution in [3.8, 4) is 0 Å². The summed E-state index contributed by atoms with van der Waals surface area (Å²) in [6, 6.07) is 6.97. The van der Waals surface area contributed by atoms with Crippen LogP contribution >= 0.6 is 0 Å². The van der Waals surface area contributed by atoms with Crippen molar-refractivity contribution in [2.24, 2.45) is 0 Å². The van der Waals surface area contributed by atoms with Crippen molar-refractivity contribution < 1.29 is 18.7 Å². The van der Waals surface area contributed by atoms with Crippen molar-refractivity contribution in [1.82, 2.24) is 9.88 Å². The van der Waals surface area contributed by atoms with Gasteiger partial charge >= 0.3 is 11.7 Å². The van der Waals surface area contributed by atoms with Gasteiger partial charge in [-0.15, -0.1) is 0 Å². The number of fused-ring (bicyclic) bond motifs is 1. The molecule has 1 N–H and O–H groups in total. The molecular weight excluding hydrogens is 288 g/mol. The first-order valence-corrected chi connectivity index (χ1v) is 7.08. The van der Waals surface area contributed by atoms with Crippen LogP contribution in [0.2, 0.25) is 0 Å². The van der Waals surface area contributed by atoms with Crippen LogP contribution in [0.4, 0.5) is 0 Å². The highest BCUT2D eigenvalue weighted by Crippen LogP contribution is 2.12. The number of hydrogen-bond donors (Lipinski definition) is 1. The Morgan fingerprint density at radius 1 is 1.36 bits per heavy atom. The Bertz CT molecular complexity index is 731. The van der Waals surface area contributed by atoms with E-state index in [1.54, 1.807) is 31.2 Å². The van der Waals surface area contributed by atoms with Crippen LogP contribution < -0.4 is 11.1 Å². The topological polar surface area (TPSA) is 90.5 Å². The number of nitrogens with one attached hydrogen (secondary N) is 1. The normalized spacial score (nSPS) is 12.1. The third-order valence-corrected chi connectivity index (χ3v) is 3.14. The first-order valence-electron chi connectivity index (χ1n) is 7.08. The standard InChI is InChI=1S/C15H18N2O5/c1-3-16-14(19)10(2)21-13(18)8-9-17-11-6-4-5-7-12(11)22-15(17)20/h4-7,10H,3,8-9H2,1-2H3,(H,16,19)/t10-/m0/s1. The van der Waals surface area contributed by atoms with Gasteiger partial charge in [0.2, 0.25) is 0 Å². The Morgan fingerprint density at radius 3 is 2.82 bits per heavy atom. The third kappa shape index (κ3) is 3.55. The summed E-state index contributed by atoms with van der Waals surface area (Å²) in [5, 5.41) is 2.57. The molecule has 0 saturated carbocycles. The van der Waals surface area contributed by atoms with E-state index in [2.05, 4.69) is 5.32 Å². The number of aromatic nitrogens is 1. The molecule has 1 aromatic heterocycles. The number of carbonyl (C=O) groups excluding carboxylic acids is 2. The lowest BCUT2D eigenvalue weighted by Gasteiger charge is -2.12. The number of nitrogens with zero attached hydrogens (tertiary/aromatic N) is 1. The van der Waals surface area contributed by atoms with Crippen LogP contribution in [0.1, 0.15) is 20.3 Å². The number of hydrogen-bond acceptors (Lipinski definition) is 5. The molecule has 118 valence electrons. The Balaban J connectivity index is 1.97. The predicted octanol–water partition coefficient (Wildman–Crippen LogP) is 1.05. The second-order valence-electron chi connectivity index (χ2n) is 4.76. The Labute approximate surface area is 126 Å². The Hall–Kier alpha value is -2.57. The smallest absolute Gasteiger partial charge is 0.419 e. The number of carbonyl (C=O) groups is 2. The van der Waals surface area contributed by atoms with Crippen molar-refractivity contribution in [3.05, 3.63) is 34.8 Å². The maximum Gasteiger partial charge on any atom is 0.419 e. The summed E-state index contributed by atoms with van der Waals surface area (Å²) in [6.45, 7) is 3.89. The van der Waals surface area contributed by atoms with Gasteiger partial charge in [-0.3, -0.25) is 14.2 Å². The lowest BCUT2D eigenvalue weighted by atomic mass is 10.3. The summed E-state index contributed by atoms with van der Waals surface area (Å²) in [5.74, 6) is -1.41. The van der Waals surface area contributed by atoms with E-state index >= 15 is 0 Å². The van der Waals surface area contributed by atoms with Crippen molar-refractivity contribution in [3.63, 3.8) is 0 Å². The number of oxazole rings is 1. The second kappa shape index (κ2) is 6.93. The van der Waals surface area contributed by atoms with E-state index in [0.717, 1.165) is 0 Å². The maximum atomic E-state index is 11.8. The van der Waals surface area contributed by atoms with Crippen LogP contribution in [-0.4, -0.2) is 29.1 Å². The molecule has 0 unspecified atom stereocenters. The molecule has 7 heteroatoms. The van der Waals surface area contributed by atoms with Crippen molar-refractivity contribution in [1.29, 1.82) is 0 Å². The highest BCUT2D eigenvalue weighted by molar-refractivity contribution is 5.83. The number of likely N-dealkylation sites (N-methyl/N-ethyl adjacent to an activating group) is 1. The van der Waals surface area contributed by atoms with Crippen molar-refractivity contribution >= 4 is 23.0 Å². The number of esters is 1. The quantitative estimate of drug-likeness (QED) is 0.806. The number of rotatable bonds is 6. The molecule has 0 saturated heterocycles. The van der Waals surface area contributed by atoms with Gasteiger partial charge in [0.05, 0.1) is 11.9 Å². The molecule has 1 heterocycles. The van der Waals surface area contributed by atoms with E-state index in [1.807, 2.05) is 0 Å². The minimum absolute atomic E-state index is 0.0207. The second-order valence-corrected chi connectivity index (χ2v) is 4.76. The van der Waals surface area contributed by atoms with Gasteiger partial charge in [0, 0.05) is 13.1 Å². The van der Waals surface area contributed by atoms with Gasteiger partial charge in [-0.2, -0.15) is 0 Å². The molecule has 1 atom stereocenters. The Kier molecular flexibility index (Phi) is 4.98. The zero-order valence-corrected chi connectivity index (χ0v) is 12.5. The van der Waals surface area contributed by atoms with E-state index in [9.17, 15) is 14.4 Å². The van der Waals surface area contributed by atoms with Gasteiger partial charge in [-0.1, -0.05) is 12.1 Å². The molecule has 1 aromatic carbocycles.